The summed E-state index contributed by atoms with van der Waals surface area (Å²) in [6, 6.07) is 15.1. The lowest BCUT2D eigenvalue weighted by Crippen LogP contribution is -2.46. The van der Waals surface area contributed by atoms with Gasteiger partial charge in [0.05, 0.1) is 5.60 Å². The van der Waals surface area contributed by atoms with E-state index in [0.29, 0.717) is 6.54 Å². The van der Waals surface area contributed by atoms with Crippen LogP contribution in [0.15, 0.2) is 42.5 Å². The Kier molecular flexibility index (Phi) is 3.29. The monoisotopic (exact) mass is 255 g/mol. The topological polar surface area (TPSA) is 32.3 Å². The predicted molar refractivity (Wildman–Crippen MR) is 79.2 cm³/mol. The van der Waals surface area contributed by atoms with Gasteiger partial charge in [0.25, 0.3) is 0 Å². The summed E-state index contributed by atoms with van der Waals surface area (Å²) in [6.45, 7) is 2.86. The molecule has 2 aromatic rings. The Morgan fingerprint density at radius 3 is 2.63 bits per heavy atom. The fourth-order valence-electron chi connectivity index (χ4n) is 2.84. The smallest absolute Gasteiger partial charge is 0.0771 e. The van der Waals surface area contributed by atoms with E-state index in [4.69, 9.17) is 0 Å². The summed E-state index contributed by atoms with van der Waals surface area (Å²) in [6.07, 6.45) is 3.02. The first-order valence-electron chi connectivity index (χ1n) is 7.11. The number of rotatable bonds is 4. The van der Waals surface area contributed by atoms with Crippen molar-refractivity contribution in [1.82, 2.24) is 5.32 Å². The van der Waals surface area contributed by atoms with E-state index in [-0.39, 0.29) is 6.04 Å². The molecule has 1 aliphatic carbocycles. The lowest BCUT2D eigenvalue weighted by molar-refractivity contribution is -0.0329. The first-order valence-corrected chi connectivity index (χ1v) is 7.11. The van der Waals surface area contributed by atoms with Crippen LogP contribution in [0.3, 0.4) is 0 Å². The molecule has 0 amide bonds. The lowest BCUT2D eigenvalue weighted by Gasteiger charge is -2.37. The maximum atomic E-state index is 10.2. The largest absolute Gasteiger partial charge is 0.389 e. The van der Waals surface area contributed by atoms with Crippen molar-refractivity contribution < 1.29 is 5.11 Å². The summed E-state index contributed by atoms with van der Waals surface area (Å²) in [5.74, 6) is 0. The van der Waals surface area contributed by atoms with Gasteiger partial charge in [-0.05, 0) is 42.5 Å². The number of benzene rings is 2. The molecule has 0 aromatic heterocycles. The first-order chi connectivity index (χ1) is 9.18. The zero-order valence-corrected chi connectivity index (χ0v) is 11.4. The average molecular weight is 255 g/mol. The zero-order valence-electron chi connectivity index (χ0n) is 11.4. The minimum absolute atomic E-state index is 0.260. The summed E-state index contributed by atoms with van der Waals surface area (Å²) < 4.78 is 0. The molecule has 1 saturated carbocycles. The molecule has 1 fully saturated rings. The molecule has 2 nitrogen and oxygen atoms in total. The van der Waals surface area contributed by atoms with Crippen molar-refractivity contribution in [2.24, 2.45) is 0 Å². The number of aliphatic hydroxyl groups is 1. The van der Waals surface area contributed by atoms with Crippen molar-refractivity contribution in [3.8, 4) is 0 Å². The minimum Gasteiger partial charge on any atom is -0.389 e. The molecule has 3 rings (SSSR count). The molecule has 0 spiro atoms. The van der Waals surface area contributed by atoms with Gasteiger partial charge < -0.3 is 10.4 Å². The number of hydrogen-bond acceptors (Lipinski definition) is 2. The van der Waals surface area contributed by atoms with Crippen molar-refractivity contribution in [2.75, 3.05) is 6.54 Å². The molecule has 0 radical (unpaired) electrons. The average Bonchev–Trinajstić information content (AvgIpc) is 2.42. The number of fused-ring (bicyclic) bond motifs is 1. The van der Waals surface area contributed by atoms with E-state index in [0.717, 1.165) is 19.3 Å². The highest BCUT2D eigenvalue weighted by Crippen LogP contribution is 2.32. The molecular weight excluding hydrogens is 234 g/mol. The lowest BCUT2D eigenvalue weighted by atomic mass is 9.80. The fourth-order valence-corrected chi connectivity index (χ4v) is 2.84. The van der Waals surface area contributed by atoms with Crippen LogP contribution < -0.4 is 5.32 Å². The molecule has 0 aliphatic heterocycles. The Balaban J connectivity index is 1.79. The molecule has 0 saturated heterocycles. The third-order valence-electron chi connectivity index (χ3n) is 4.31. The van der Waals surface area contributed by atoms with Crippen LogP contribution in [-0.4, -0.2) is 17.3 Å². The zero-order chi connectivity index (χ0) is 13.3. The van der Waals surface area contributed by atoms with E-state index in [9.17, 15) is 5.11 Å². The molecule has 2 heteroatoms. The predicted octanol–water partition coefficient (Wildman–Crippen LogP) is 3.41. The Morgan fingerprint density at radius 2 is 1.89 bits per heavy atom. The van der Waals surface area contributed by atoms with Crippen LogP contribution >= 0.6 is 0 Å². The second-order valence-corrected chi connectivity index (χ2v) is 5.75. The van der Waals surface area contributed by atoms with Crippen LogP contribution in [0.25, 0.3) is 10.8 Å². The summed E-state index contributed by atoms with van der Waals surface area (Å²) in [5.41, 5.74) is 0.847. The van der Waals surface area contributed by atoms with E-state index in [2.05, 4.69) is 54.7 Å². The standard InChI is InChI=1S/C17H21NO/c1-13(18-12-17(19)10-5-11-17)15-9-4-7-14-6-2-3-8-16(14)15/h2-4,6-9,13,18-19H,5,10-12H2,1H3. The van der Waals surface area contributed by atoms with Crippen LogP contribution in [0, 0.1) is 0 Å². The van der Waals surface area contributed by atoms with E-state index < -0.39 is 5.60 Å². The van der Waals surface area contributed by atoms with Gasteiger partial charge in [0, 0.05) is 12.6 Å². The molecular formula is C17H21NO. The van der Waals surface area contributed by atoms with Gasteiger partial charge in [-0.25, -0.2) is 0 Å². The van der Waals surface area contributed by atoms with E-state index >= 15 is 0 Å². The van der Waals surface area contributed by atoms with Gasteiger partial charge in [-0.1, -0.05) is 42.5 Å². The Hall–Kier alpha value is -1.38. The third kappa shape index (κ3) is 2.51. The van der Waals surface area contributed by atoms with Crippen molar-refractivity contribution in [1.29, 1.82) is 0 Å². The van der Waals surface area contributed by atoms with Gasteiger partial charge in [-0.15, -0.1) is 0 Å². The summed E-state index contributed by atoms with van der Waals surface area (Å²) in [4.78, 5) is 0. The van der Waals surface area contributed by atoms with Crippen LogP contribution in [0.4, 0.5) is 0 Å². The maximum Gasteiger partial charge on any atom is 0.0771 e. The minimum atomic E-state index is -0.459. The van der Waals surface area contributed by atoms with E-state index in [1.807, 2.05) is 0 Å². The maximum absolute atomic E-state index is 10.2. The van der Waals surface area contributed by atoms with E-state index in [1.54, 1.807) is 0 Å². The van der Waals surface area contributed by atoms with Gasteiger partial charge in [0.15, 0.2) is 0 Å². The normalized spacial score (nSPS) is 19.1. The van der Waals surface area contributed by atoms with Gasteiger partial charge in [-0.2, -0.15) is 0 Å². The number of hydrogen-bond donors (Lipinski definition) is 2. The van der Waals surface area contributed by atoms with Crippen LogP contribution in [0.1, 0.15) is 37.8 Å². The van der Waals surface area contributed by atoms with Crippen molar-refractivity contribution >= 4 is 10.8 Å². The fraction of sp³-hybridized carbons (Fsp3) is 0.412. The highest BCUT2D eigenvalue weighted by atomic mass is 16.3. The number of nitrogens with one attached hydrogen (secondary N) is 1. The molecule has 1 atom stereocenters. The van der Waals surface area contributed by atoms with Gasteiger partial charge in [-0.3, -0.25) is 0 Å². The molecule has 2 aromatic carbocycles. The van der Waals surface area contributed by atoms with E-state index in [1.165, 1.54) is 16.3 Å². The van der Waals surface area contributed by atoms with Gasteiger partial charge in [0.1, 0.15) is 0 Å². The summed E-state index contributed by atoms with van der Waals surface area (Å²) >= 11 is 0. The van der Waals surface area contributed by atoms with Crippen LogP contribution in [-0.2, 0) is 0 Å². The van der Waals surface area contributed by atoms with Crippen molar-refractivity contribution in [2.45, 2.75) is 37.8 Å². The van der Waals surface area contributed by atoms with Crippen LogP contribution in [0.2, 0.25) is 0 Å². The SMILES string of the molecule is CC(NCC1(O)CCC1)c1cccc2ccccc12. The van der Waals surface area contributed by atoms with Gasteiger partial charge in [0.2, 0.25) is 0 Å². The summed E-state index contributed by atoms with van der Waals surface area (Å²) in [7, 11) is 0. The Morgan fingerprint density at radius 1 is 1.16 bits per heavy atom. The highest BCUT2D eigenvalue weighted by molar-refractivity contribution is 5.86. The third-order valence-corrected chi connectivity index (χ3v) is 4.31. The molecule has 1 unspecified atom stereocenters. The highest BCUT2D eigenvalue weighted by Gasteiger charge is 2.34. The molecule has 0 bridgehead atoms. The molecule has 100 valence electrons. The molecule has 2 N–H and O–H groups in total. The second kappa shape index (κ2) is 4.95. The summed E-state index contributed by atoms with van der Waals surface area (Å²) in [5, 5.41) is 16.2. The Bertz CT molecular complexity index is 569. The van der Waals surface area contributed by atoms with Crippen molar-refractivity contribution in [3.63, 3.8) is 0 Å². The first kappa shape index (κ1) is 12.6. The van der Waals surface area contributed by atoms with Crippen molar-refractivity contribution in [3.05, 3.63) is 48.0 Å². The molecule has 19 heavy (non-hydrogen) atoms. The molecule has 0 heterocycles. The quantitative estimate of drug-likeness (QED) is 0.877. The second-order valence-electron chi connectivity index (χ2n) is 5.75. The molecule has 1 aliphatic rings. The Labute approximate surface area is 114 Å². The van der Waals surface area contributed by atoms with Crippen LogP contribution in [0.5, 0.6) is 0 Å². The van der Waals surface area contributed by atoms with Gasteiger partial charge >= 0.3 is 0 Å².